The predicted octanol–water partition coefficient (Wildman–Crippen LogP) is 3.46. The Bertz CT molecular complexity index is 328. The van der Waals surface area contributed by atoms with Gasteiger partial charge in [-0.3, -0.25) is 0 Å². The Morgan fingerprint density at radius 1 is 1.31 bits per heavy atom. The van der Waals surface area contributed by atoms with Crippen LogP contribution in [0.3, 0.4) is 0 Å². The van der Waals surface area contributed by atoms with Crippen molar-refractivity contribution in [3.05, 3.63) is 28.8 Å². The summed E-state index contributed by atoms with van der Waals surface area (Å²) >= 11 is 5.97. The number of halogens is 1. The fourth-order valence-electron chi connectivity index (χ4n) is 1.75. The number of nitrogens with zero attached hydrogens (tertiary/aromatic N) is 1. The molecule has 0 aliphatic heterocycles. The molecule has 0 unspecified atom stereocenters. The van der Waals surface area contributed by atoms with Gasteiger partial charge in [-0.15, -0.1) is 0 Å². The molecule has 1 aromatic rings. The number of rotatable bonds is 6. The monoisotopic (exact) mass is 241 g/mol. The Morgan fingerprint density at radius 3 is 2.69 bits per heavy atom. The lowest BCUT2D eigenvalue weighted by molar-refractivity contribution is 0.282. The Kier molecular flexibility index (Phi) is 5.64. The summed E-state index contributed by atoms with van der Waals surface area (Å²) in [6.45, 7) is 3.25. The predicted molar refractivity (Wildman–Crippen MR) is 70.2 cm³/mol. The number of aliphatic hydroxyl groups is 1. The van der Waals surface area contributed by atoms with Crippen LogP contribution < -0.4 is 4.90 Å². The molecule has 2 nitrogen and oxygen atoms in total. The Labute approximate surface area is 103 Å². The van der Waals surface area contributed by atoms with E-state index in [0.29, 0.717) is 0 Å². The third kappa shape index (κ3) is 3.69. The SMILES string of the molecule is CCCCCN(C)c1cc(Cl)ccc1CO. The van der Waals surface area contributed by atoms with Crippen LogP contribution in [0.2, 0.25) is 5.02 Å². The minimum absolute atomic E-state index is 0.0601. The molecule has 0 saturated carbocycles. The molecule has 0 heterocycles. The molecule has 16 heavy (non-hydrogen) atoms. The van der Waals surface area contributed by atoms with Crippen LogP contribution in [0.25, 0.3) is 0 Å². The standard InChI is InChI=1S/C13H20ClNO/c1-3-4-5-8-15(2)13-9-12(14)7-6-11(13)10-16/h6-7,9,16H,3-5,8,10H2,1-2H3. The van der Waals surface area contributed by atoms with Crippen molar-refractivity contribution >= 4 is 17.3 Å². The normalized spacial score (nSPS) is 10.5. The zero-order valence-electron chi connectivity index (χ0n) is 10.0. The van der Waals surface area contributed by atoms with Crippen molar-refractivity contribution < 1.29 is 5.11 Å². The van der Waals surface area contributed by atoms with Crippen molar-refractivity contribution in [3.8, 4) is 0 Å². The van der Waals surface area contributed by atoms with E-state index in [0.717, 1.165) is 22.8 Å². The van der Waals surface area contributed by atoms with Crippen LogP contribution >= 0.6 is 11.6 Å². The average molecular weight is 242 g/mol. The van der Waals surface area contributed by atoms with Gasteiger partial charge in [-0.2, -0.15) is 0 Å². The second kappa shape index (κ2) is 6.77. The summed E-state index contributed by atoms with van der Waals surface area (Å²) in [5, 5.41) is 9.98. The maximum atomic E-state index is 9.26. The Hall–Kier alpha value is -0.730. The molecule has 1 aromatic carbocycles. The van der Waals surface area contributed by atoms with E-state index in [4.69, 9.17) is 11.6 Å². The van der Waals surface area contributed by atoms with E-state index in [9.17, 15) is 5.11 Å². The molecule has 0 spiro atoms. The van der Waals surface area contributed by atoms with E-state index in [1.165, 1.54) is 19.3 Å². The van der Waals surface area contributed by atoms with Crippen LogP contribution in [0.15, 0.2) is 18.2 Å². The molecule has 0 radical (unpaired) electrons. The molecular weight excluding hydrogens is 222 g/mol. The van der Waals surface area contributed by atoms with Gasteiger partial charge in [-0.1, -0.05) is 37.4 Å². The minimum Gasteiger partial charge on any atom is -0.392 e. The minimum atomic E-state index is 0.0601. The highest BCUT2D eigenvalue weighted by Crippen LogP contribution is 2.24. The van der Waals surface area contributed by atoms with Crippen molar-refractivity contribution in [3.63, 3.8) is 0 Å². The fraction of sp³-hybridized carbons (Fsp3) is 0.538. The second-order valence-electron chi connectivity index (χ2n) is 4.06. The smallest absolute Gasteiger partial charge is 0.0702 e. The van der Waals surface area contributed by atoms with Crippen LogP contribution in [-0.4, -0.2) is 18.7 Å². The maximum Gasteiger partial charge on any atom is 0.0702 e. The van der Waals surface area contributed by atoms with Gasteiger partial charge >= 0.3 is 0 Å². The molecule has 90 valence electrons. The third-order valence-corrected chi connectivity index (χ3v) is 2.96. The summed E-state index contributed by atoms with van der Waals surface area (Å²) < 4.78 is 0. The summed E-state index contributed by atoms with van der Waals surface area (Å²) in [7, 11) is 2.04. The highest BCUT2D eigenvalue weighted by atomic mass is 35.5. The first-order valence-corrected chi connectivity index (χ1v) is 6.17. The third-order valence-electron chi connectivity index (χ3n) is 2.73. The lowest BCUT2D eigenvalue weighted by Gasteiger charge is -2.22. The summed E-state index contributed by atoms with van der Waals surface area (Å²) in [5.41, 5.74) is 1.97. The average Bonchev–Trinajstić information content (AvgIpc) is 2.29. The highest BCUT2D eigenvalue weighted by Gasteiger charge is 2.07. The van der Waals surface area contributed by atoms with Crippen molar-refractivity contribution in [2.45, 2.75) is 32.8 Å². The lowest BCUT2D eigenvalue weighted by atomic mass is 10.1. The van der Waals surface area contributed by atoms with Gasteiger partial charge in [-0.25, -0.2) is 0 Å². The summed E-state index contributed by atoms with van der Waals surface area (Å²) in [6, 6.07) is 5.61. The Morgan fingerprint density at radius 2 is 2.06 bits per heavy atom. The van der Waals surface area contributed by atoms with Crippen molar-refractivity contribution in [2.75, 3.05) is 18.5 Å². The van der Waals surface area contributed by atoms with E-state index in [1.54, 1.807) is 0 Å². The molecule has 0 aliphatic rings. The first kappa shape index (κ1) is 13.3. The van der Waals surface area contributed by atoms with Crippen molar-refractivity contribution in [1.82, 2.24) is 0 Å². The largest absolute Gasteiger partial charge is 0.392 e. The van der Waals surface area contributed by atoms with Gasteiger partial charge in [0.25, 0.3) is 0 Å². The number of anilines is 1. The van der Waals surface area contributed by atoms with Crippen LogP contribution in [0, 0.1) is 0 Å². The number of aliphatic hydroxyl groups excluding tert-OH is 1. The first-order chi connectivity index (χ1) is 7.69. The summed E-state index contributed by atoms with van der Waals surface area (Å²) in [4.78, 5) is 2.16. The van der Waals surface area contributed by atoms with Gasteiger partial charge in [0.05, 0.1) is 6.61 Å². The lowest BCUT2D eigenvalue weighted by Crippen LogP contribution is -2.20. The van der Waals surface area contributed by atoms with Crippen LogP contribution in [0.4, 0.5) is 5.69 Å². The number of hydrogen-bond donors (Lipinski definition) is 1. The molecule has 1 rings (SSSR count). The molecule has 0 saturated heterocycles. The van der Waals surface area contributed by atoms with Crippen LogP contribution in [0.5, 0.6) is 0 Å². The van der Waals surface area contributed by atoms with Crippen molar-refractivity contribution in [2.24, 2.45) is 0 Å². The van der Waals surface area contributed by atoms with Crippen LogP contribution in [0.1, 0.15) is 31.7 Å². The first-order valence-electron chi connectivity index (χ1n) is 5.79. The molecule has 3 heteroatoms. The van der Waals surface area contributed by atoms with Gasteiger partial charge in [0.1, 0.15) is 0 Å². The van der Waals surface area contributed by atoms with Crippen LogP contribution in [-0.2, 0) is 6.61 Å². The van der Waals surface area contributed by atoms with Gasteiger partial charge < -0.3 is 10.0 Å². The van der Waals surface area contributed by atoms with E-state index in [-0.39, 0.29) is 6.61 Å². The Balaban J connectivity index is 2.72. The molecule has 1 N–H and O–H groups in total. The zero-order valence-corrected chi connectivity index (χ0v) is 10.8. The number of benzene rings is 1. The van der Waals surface area contributed by atoms with E-state index in [2.05, 4.69) is 11.8 Å². The molecule has 0 fully saturated rings. The summed E-state index contributed by atoms with van der Waals surface area (Å²) in [6.07, 6.45) is 3.62. The topological polar surface area (TPSA) is 23.5 Å². The van der Waals surface area contributed by atoms with E-state index in [1.807, 2.05) is 25.2 Å². The van der Waals surface area contributed by atoms with Gasteiger partial charge in [0.2, 0.25) is 0 Å². The van der Waals surface area contributed by atoms with Gasteiger partial charge in [0, 0.05) is 29.9 Å². The van der Waals surface area contributed by atoms with Gasteiger partial charge in [-0.05, 0) is 18.6 Å². The molecule has 0 amide bonds. The highest BCUT2D eigenvalue weighted by molar-refractivity contribution is 6.30. The molecule has 0 atom stereocenters. The molecule has 0 aromatic heterocycles. The van der Waals surface area contributed by atoms with E-state index >= 15 is 0 Å². The molecular formula is C13H20ClNO. The number of hydrogen-bond acceptors (Lipinski definition) is 2. The maximum absolute atomic E-state index is 9.26. The van der Waals surface area contributed by atoms with E-state index < -0.39 is 0 Å². The van der Waals surface area contributed by atoms with Crippen molar-refractivity contribution in [1.29, 1.82) is 0 Å². The molecule has 0 aliphatic carbocycles. The number of unbranched alkanes of at least 4 members (excludes halogenated alkanes) is 2. The molecule has 0 bridgehead atoms. The fourth-order valence-corrected chi connectivity index (χ4v) is 1.91. The van der Waals surface area contributed by atoms with Gasteiger partial charge in [0.15, 0.2) is 0 Å². The quantitative estimate of drug-likeness (QED) is 0.771. The summed E-state index contributed by atoms with van der Waals surface area (Å²) in [5.74, 6) is 0. The zero-order chi connectivity index (χ0) is 12.0. The second-order valence-corrected chi connectivity index (χ2v) is 4.50.